The molecule has 5 heteroatoms. The third-order valence-electron chi connectivity index (χ3n) is 2.69. The molecule has 0 aliphatic carbocycles. The van der Waals surface area contributed by atoms with Crippen molar-refractivity contribution in [1.82, 2.24) is 9.78 Å². The van der Waals surface area contributed by atoms with Gasteiger partial charge in [0.05, 0.1) is 12.7 Å². The molecule has 17 heavy (non-hydrogen) atoms. The van der Waals surface area contributed by atoms with Crippen molar-refractivity contribution in [3.05, 3.63) is 41.6 Å². The summed E-state index contributed by atoms with van der Waals surface area (Å²) in [7, 11) is 0. The Balaban J connectivity index is 2.22. The van der Waals surface area contributed by atoms with Gasteiger partial charge < -0.3 is 16.6 Å². The van der Waals surface area contributed by atoms with Gasteiger partial charge in [-0.15, -0.1) is 0 Å². The van der Waals surface area contributed by atoms with E-state index >= 15 is 0 Å². The third kappa shape index (κ3) is 2.39. The van der Waals surface area contributed by atoms with Gasteiger partial charge in [-0.25, -0.2) is 4.68 Å². The Hall–Kier alpha value is -2.01. The van der Waals surface area contributed by atoms with Crippen LogP contribution in [0.5, 0.6) is 5.75 Å². The molecule has 0 aliphatic rings. The lowest BCUT2D eigenvalue weighted by Gasteiger charge is -2.07. The highest BCUT2D eigenvalue weighted by molar-refractivity contribution is 5.40. The molecule has 0 spiro atoms. The van der Waals surface area contributed by atoms with Gasteiger partial charge in [0.15, 0.2) is 0 Å². The fourth-order valence-electron chi connectivity index (χ4n) is 1.71. The fourth-order valence-corrected chi connectivity index (χ4v) is 1.71. The lowest BCUT2D eigenvalue weighted by Crippen LogP contribution is -2.08. The maximum Gasteiger partial charge on any atom is 0.125 e. The van der Waals surface area contributed by atoms with Gasteiger partial charge in [-0.1, -0.05) is 18.2 Å². The van der Waals surface area contributed by atoms with Crippen LogP contribution in [0.2, 0.25) is 0 Å². The Kier molecular flexibility index (Phi) is 3.30. The van der Waals surface area contributed by atoms with Crippen molar-refractivity contribution in [2.24, 2.45) is 5.73 Å². The molecule has 1 heterocycles. The number of aromatic hydroxyl groups is 1. The molecule has 5 nitrogen and oxygen atoms in total. The zero-order chi connectivity index (χ0) is 12.3. The lowest BCUT2D eigenvalue weighted by molar-refractivity contribution is 0.464. The number of phenolic OH excluding ortho intramolecular Hbond substituents is 1. The van der Waals surface area contributed by atoms with Gasteiger partial charge in [-0.3, -0.25) is 0 Å². The number of benzene rings is 1. The first kappa shape index (κ1) is 11.5. The summed E-state index contributed by atoms with van der Waals surface area (Å²) in [6.07, 6.45) is 2.44. The van der Waals surface area contributed by atoms with Crippen LogP contribution in [0.25, 0.3) is 0 Å². The first-order chi connectivity index (χ1) is 8.22. The van der Waals surface area contributed by atoms with Crippen LogP contribution < -0.4 is 11.5 Å². The summed E-state index contributed by atoms with van der Waals surface area (Å²) in [6, 6.07) is 7.15. The van der Waals surface area contributed by atoms with E-state index < -0.39 is 0 Å². The SMILES string of the molecule is NCCc1cnn(Cc2ccccc2O)c1N. The zero-order valence-electron chi connectivity index (χ0n) is 9.50. The average molecular weight is 232 g/mol. The van der Waals surface area contributed by atoms with Gasteiger partial charge >= 0.3 is 0 Å². The number of nitrogens with two attached hydrogens (primary N) is 2. The molecule has 2 rings (SSSR count). The molecule has 0 aliphatic heterocycles. The van der Waals surface area contributed by atoms with Crippen LogP contribution in [0.3, 0.4) is 0 Å². The van der Waals surface area contributed by atoms with E-state index in [-0.39, 0.29) is 5.75 Å². The van der Waals surface area contributed by atoms with Gasteiger partial charge in [0.1, 0.15) is 11.6 Å². The van der Waals surface area contributed by atoms with Gasteiger partial charge in [0.2, 0.25) is 0 Å². The van der Waals surface area contributed by atoms with Crippen molar-refractivity contribution in [3.63, 3.8) is 0 Å². The van der Waals surface area contributed by atoms with Crippen molar-refractivity contribution in [3.8, 4) is 5.75 Å². The first-order valence-electron chi connectivity index (χ1n) is 5.49. The molecular weight excluding hydrogens is 216 g/mol. The van der Waals surface area contributed by atoms with E-state index in [0.29, 0.717) is 25.3 Å². The molecule has 5 N–H and O–H groups in total. The molecule has 1 aromatic heterocycles. The molecular formula is C12H16N4O. The average Bonchev–Trinajstić information content (AvgIpc) is 2.65. The normalized spacial score (nSPS) is 10.6. The summed E-state index contributed by atoms with van der Waals surface area (Å²) in [6.45, 7) is 1.01. The zero-order valence-corrected chi connectivity index (χ0v) is 9.50. The number of anilines is 1. The number of phenols is 1. The standard InChI is InChI=1S/C12H16N4O/c13-6-5-9-7-15-16(12(9)14)8-10-3-1-2-4-11(10)17/h1-4,7,17H,5-6,8,13-14H2. The highest BCUT2D eigenvalue weighted by Crippen LogP contribution is 2.19. The minimum Gasteiger partial charge on any atom is -0.508 e. The molecule has 2 aromatic rings. The quantitative estimate of drug-likeness (QED) is 0.724. The molecule has 0 atom stereocenters. The van der Waals surface area contributed by atoms with Gasteiger partial charge in [-0.2, -0.15) is 5.10 Å². The number of nitrogens with zero attached hydrogens (tertiary/aromatic N) is 2. The van der Waals surface area contributed by atoms with E-state index in [1.165, 1.54) is 0 Å². The summed E-state index contributed by atoms with van der Waals surface area (Å²) in [5, 5.41) is 13.9. The van der Waals surface area contributed by atoms with Crippen molar-refractivity contribution in [2.45, 2.75) is 13.0 Å². The van der Waals surface area contributed by atoms with Crippen LogP contribution in [-0.2, 0) is 13.0 Å². The number of nitrogen functional groups attached to an aromatic ring is 1. The van der Waals surface area contributed by atoms with E-state index in [9.17, 15) is 5.11 Å². The second kappa shape index (κ2) is 4.88. The van der Waals surface area contributed by atoms with Crippen LogP contribution in [0.4, 0.5) is 5.82 Å². The van der Waals surface area contributed by atoms with Crippen molar-refractivity contribution >= 4 is 5.82 Å². The maximum atomic E-state index is 9.67. The highest BCUT2D eigenvalue weighted by atomic mass is 16.3. The van der Waals surface area contributed by atoms with E-state index in [1.54, 1.807) is 23.0 Å². The number of hydrogen-bond donors (Lipinski definition) is 3. The highest BCUT2D eigenvalue weighted by Gasteiger charge is 2.08. The van der Waals surface area contributed by atoms with Crippen LogP contribution in [0.1, 0.15) is 11.1 Å². The monoisotopic (exact) mass is 232 g/mol. The molecule has 1 aromatic carbocycles. The summed E-state index contributed by atoms with van der Waals surface area (Å²) in [5.41, 5.74) is 13.2. The Morgan fingerprint density at radius 1 is 1.24 bits per heavy atom. The van der Waals surface area contributed by atoms with Crippen LogP contribution >= 0.6 is 0 Å². The number of hydrogen-bond acceptors (Lipinski definition) is 4. The minimum absolute atomic E-state index is 0.253. The molecule has 0 fully saturated rings. The second-order valence-electron chi connectivity index (χ2n) is 3.88. The van der Waals surface area contributed by atoms with E-state index in [1.807, 2.05) is 12.1 Å². The predicted molar refractivity (Wildman–Crippen MR) is 66.6 cm³/mol. The minimum atomic E-state index is 0.253. The van der Waals surface area contributed by atoms with Crippen LogP contribution in [0, 0.1) is 0 Å². The molecule has 0 bridgehead atoms. The van der Waals surface area contributed by atoms with Crippen molar-refractivity contribution in [1.29, 1.82) is 0 Å². The maximum absolute atomic E-state index is 9.67. The lowest BCUT2D eigenvalue weighted by atomic mass is 10.2. The Labute approximate surface area is 99.7 Å². The topological polar surface area (TPSA) is 90.1 Å². The third-order valence-corrected chi connectivity index (χ3v) is 2.69. The van der Waals surface area contributed by atoms with Crippen molar-refractivity contribution in [2.75, 3.05) is 12.3 Å². The summed E-state index contributed by atoms with van der Waals surface area (Å²) >= 11 is 0. The van der Waals surface area contributed by atoms with Gasteiger partial charge in [-0.05, 0) is 19.0 Å². The van der Waals surface area contributed by atoms with Crippen LogP contribution in [0.15, 0.2) is 30.5 Å². The van der Waals surface area contributed by atoms with Gasteiger partial charge in [0.25, 0.3) is 0 Å². The number of rotatable bonds is 4. The Morgan fingerprint density at radius 3 is 2.71 bits per heavy atom. The largest absolute Gasteiger partial charge is 0.508 e. The van der Waals surface area contributed by atoms with Crippen LogP contribution in [-0.4, -0.2) is 21.4 Å². The molecule has 0 unspecified atom stereocenters. The van der Waals surface area contributed by atoms with E-state index in [0.717, 1.165) is 11.1 Å². The number of aromatic nitrogens is 2. The second-order valence-corrected chi connectivity index (χ2v) is 3.88. The smallest absolute Gasteiger partial charge is 0.125 e. The van der Waals surface area contributed by atoms with E-state index in [2.05, 4.69) is 5.10 Å². The molecule has 0 radical (unpaired) electrons. The summed E-state index contributed by atoms with van der Waals surface area (Å²) in [5.74, 6) is 0.862. The first-order valence-corrected chi connectivity index (χ1v) is 5.49. The molecule has 0 saturated heterocycles. The molecule has 0 amide bonds. The summed E-state index contributed by atoms with van der Waals surface area (Å²) in [4.78, 5) is 0. The summed E-state index contributed by atoms with van der Waals surface area (Å²) < 4.78 is 1.67. The van der Waals surface area contributed by atoms with Crippen molar-refractivity contribution < 1.29 is 5.11 Å². The predicted octanol–water partition coefficient (Wildman–Crippen LogP) is 0.720. The molecule has 0 saturated carbocycles. The fraction of sp³-hybridized carbons (Fsp3) is 0.250. The van der Waals surface area contributed by atoms with Gasteiger partial charge in [0, 0.05) is 11.1 Å². The molecule has 90 valence electrons. The van der Waals surface area contributed by atoms with E-state index in [4.69, 9.17) is 11.5 Å². The Bertz CT molecular complexity index is 507. The Morgan fingerprint density at radius 2 is 2.00 bits per heavy atom. The number of para-hydroxylation sites is 1.